The monoisotopic (exact) mass is 329 g/mol. The number of rotatable bonds is 7. The molecule has 2 aromatic rings. The second kappa shape index (κ2) is 8.06. The van der Waals surface area contributed by atoms with Crippen LogP contribution in [0.4, 0.5) is 0 Å². The van der Waals surface area contributed by atoms with Gasteiger partial charge < -0.3 is 19.1 Å². The molecule has 0 radical (unpaired) electrons. The van der Waals surface area contributed by atoms with Gasteiger partial charge in [0.05, 0.1) is 5.97 Å². The molecule has 23 heavy (non-hydrogen) atoms. The number of thioether (sulfide) groups is 1. The smallest absolute Gasteiger partial charge is 0.281 e. The number of benzene rings is 1. The Hall–Kier alpha value is -2.72. The lowest BCUT2D eigenvalue weighted by Crippen LogP contribution is -2.23. The van der Waals surface area contributed by atoms with E-state index < -0.39 is 5.97 Å². The lowest BCUT2D eigenvalue weighted by molar-refractivity contribution is -0.298. The van der Waals surface area contributed by atoms with Crippen LogP contribution in [0.1, 0.15) is 18.4 Å². The van der Waals surface area contributed by atoms with Crippen LogP contribution in [0.5, 0.6) is 5.75 Å². The van der Waals surface area contributed by atoms with Gasteiger partial charge in [0, 0.05) is 11.3 Å². The van der Waals surface area contributed by atoms with Crippen LogP contribution in [-0.4, -0.2) is 22.8 Å². The summed E-state index contributed by atoms with van der Waals surface area (Å²) >= 11 is 0.847. The van der Waals surface area contributed by atoms with Crippen molar-refractivity contribution in [3.63, 3.8) is 0 Å². The van der Waals surface area contributed by atoms with Gasteiger partial charge in [-0.2, -0.15) is 0 Å². The minimum atomic E-state index is -1.32. The summed E-state index contributed by atoms with van der Waals surface area (Å²) in [6, 6.07) is 6.81. The molecule has 0 unspecified atom stereocenters. The Morgan fingerprint density at radius 1 is 1.43 bits per heavy atom. The van der Waals surface area contributed by atoms with Gasteiger partial charge >= 0.3 is 0 Å². The van der Waals surface area contributed by atoms with E-state index in [1.54, 1.807) is 24.3 Å². The number of ether oxygens (including phenoxy) is 1. The van der Waals surface area contributed by atoms with Crippen molar-refractivity contribution in [2.45, 2.75) is 18.6 Å². The predicted molar refractivity (Wildman–Crippen MR) is 83.3 cm³/mol. The number of carboxylic acid groups (broad SMARTS) is 1. The van der Waals surface area contributed by atoms with Crippen molar-refractivity contribution in [2.24, 2.45) is 0 Å². The molecule has 0 atom stereocenters. The Balaban J connectivity index is 2.14. The number of aryl methyl sites for hydroxylation is 1. The third-order valence-corrected chi connectivity index (χ3v) is 3.49. The first kappa shape index (κ1) is 16.6. The highest BCUT2D eigenvalue weighted by Gasteiger charge is 2.10. The summed E-state index contributed by atoms with van der Waals surface area (Å²) in [5.41, 5.74) is 0.667. The van der Waals surface area contributed by atoms with Gasteiger partial charge in [-0.3, -0.25) is 0 Å². The van der Waals surface area contributed by atoms with E-state index >= 15 is 0 Å². The van der Waals surface area contributed by atoms with Gasteiger partial charge in [0.15, 0.2) is 0 Å². The molecule has 0 saturated carbocycles. The standard InChI is InChI=1S/C16H14N2O4S/c1-3-9-21-12-7-5-11(6-8-12)10-13(15(19)20)23-16-18-17-14(4-2)22-16/h1,5-8,10H,4,9H2,2H3,(H,19,20)/p-1/b13-10-. The van der Waals surface area contributed by atoms with Crippen LogP contribution in [0.3, 0.4) is 0 Å². The molecule has 2 rings (SSSR count). The summed E-state index contributed by atoms with van der Waals surface area (Å²) in [6.45, 7) is 2.04. The molecule has 0 aliphatic carbocycles. The maximum Gasteiger partial charge on any atom is 0.281 e. The highest BCUT2D eigenvalue weighted by Crippen LogP contribution is 2.27. The first-order valence-corrected chi connectivity index (χ1v) is 7.53. The van der Waals surface area contributed by atoms with Crippen LogP contribution in [0.2, 0.25) is 0 Å². The molecular weight excluding hydrogens is 316 g/mol. The summed E-state index contributed by atoms with van der Waals surface area (Å²) < 4.78 is 10.5. The molecule has 6 nitrogen and oxygen atoms in total. The molecule has 0 fully saturated rings. The molecular formula is C16H13N2O4S-. The lowest BCUT2D eigenvalue weighted by Gasteiger charge is -2.06. The van der Waals surface area contributed by atoms with Crippen molar-refractivity contribution in [2.75, 3.05) is 6.61 Å². The number of hydrogen-bond acceptors (Lipinski definition) is 7. The van der Waals surface area contributed by atoms with E-state index in [1.165, 1.54) is 6.08 Å². The maximum absolute atomic E-state index is 11.3. The van der Waals surface area contributed by atoms with Gasteiger partial charge in [-0.05, 0) is 35.5 Å². The van der Waals surface area contributed by atoms with Crippen molar-refractivity contribution in [1.29, 1.82) is 0 Å². The Kier molecular flexibility index (Phi) is 5.83. The van der Waals surface area contributed by atoms with Gasteiger partial charge in [-0.25, -0.2) is 0 Å². The summed E-state index contributed by atoms with van der Waals surface area (Å²) in [6.07, 6.45) is 7.15. The molecule has 1 heterocycles. The van der Waals surface area contributed by atoms with Crippen LogP contribution in [0, 0.1) is 12.3 Å². The lowest BCUT2D eigenvalue weighted by atomic mass is 10.2. The fourth-order valence-corrected chi connectivity index (χ4v) is 2.27. The molecule has 0 aliphatic heterocycles. The molecule has 1 aromatic carbocycles. The molecule has 118 valence electrons. The molecule has 1 aromatic heterocycles. The Morgan fingerprint density at radius 2 is 2.17 bits per heavy atom. The van der Waals surface area contributed by atoms with E-state index in [2.05, 4.69) is 16.1 Å². The highest BCUT2D eigenvalue weighted by atomic mass is 32.2. The SMILES string of the molecule is C#CCOc1ccc(/C=C(\Sc2nnc(CC)o2)C(=O)[O-])cc1. The van der Waals surface area contributed by atoms with Crippen molar-refractivity contribution in [3.8, 4) is 18.1 Å². The van der Waals surface area contributed by atoms with Gasteiger partial charge in [-0.1, -0.05) is 25.0 Å². The maximum atomic E-state index is 11.3. The molecule has 0 bridgehead atoms. The van der Waals surface area contributed by atoms with Gasteiger partial charge in [-0.15, -0.1) is 16.6 Å². The van der Waals surface area contributed by atoms with Crippen molar-refractivity contribution >= 4 is 23.8 Å². The number of terminal acetylenes is 1. The summed E-state index contributed by atoms with van der Waals surface area (Å²) in [7, 11) is 0. The zero-order valence-electron chi connectivity index (χ0n) is 12.3. The van der Waals surface area contributed by atoms with E-state index in [-0.39, 0.29) is 16.7 Å². The Labute approximate surface area is 137 Å². The van der Waals surface area contributed by atoms with Crippen molar-refractivity contribution in [1.82, 2.24) is 10.2 Å². The minimum absolute atomic E-state index is 0.0337. The zero-order chi connectivity index (χ0) is 16.7. The van der Waals surface area contributed by atoms with Crippen LogP contribution >= 0.6 is 11.8 Å². The van der Waals surface area contributed by atoms with E-state index in [4.69, 9.17) is 15.6 Å². The average molecular weight is 329 g/mol. The molecule has 0 saturated heterocycles. The van der Waals surface area contributed by atoms with Crippen LogP contribution in [-0.2, 0) is 11.2 Å². The minimum Gasteiger partial charge on any atom is -0.544 e. The highest BCUT2D eigenvalue weighted by molar-refractivity contribution is 8.03. The third-order valence-electron chi connectivity index (χ3n) is 2.65. The average Bonchev–Trinajstić information content (AvgIpc) is 3.01. The molecule has 7 heteroatoms. The first-order chi connectivity index (χ1) is 11.1. The van der Waals surface area contributed by atoms with Crippen LogP contribution < -0.4 is 9.84 Å². The molecule has 0 aliphatic rings. The number of hydrogen-bond donors (Lipinski definition) is 0. The second-order valence-corrected chi connectivity index (χ2v) is 5.27. The van der Waals surface area contributed by atoms with Gasteiger partial charge in [0.25, 0.3) is 5.22 Å². The number of carboxylic acids is 1. The zero-order valence-corrected chi connectivity index (χ0v) is 13.1. The topological polar surface area (TPSA) is 88.3 Å². The number of aromatic nitrogens is 2. The number of nitrogens with zero attached hydrogens (tertiary/aromatic N) is 2. The summed E-state index contributed by atoms with van der Waals surface area (Å²) in [5, 5.41) is 19.0. The molecule has 0 amide bonds. The number of carbonyl (C=O) groups excluding carboxylic acids is 1. The van der Waals surface area contributed by atoms with Crippen LogP contribution in [0.15, 0.2) is 38.8 Å². The Morgan fingerprint density at radius 3 is 2.74 bits per heavy atom. The fourth-order valence-electron chi connectivity index (χ4n) is 1.58. The third kappa shape index (κ3) is 4.90. The van der Waals surface area contributed by atoms with Crippen LogP contribution in [0.25, 0.3) is 6.08 Å². The number of aliphatic carboxylic acids is 1. The largest absolute Gasteiger partial charge is 0.544 e. The summed E-state index contributed by atoms with van der Waals surface area (Å²) in [5.74, 6) is 2.09. The quantitative estimate of drug-likeness (QED) is 0.432. The van der Waals surface area contributed by atoms with E-state index in [9.17, 15) is 9.90 Å². The first-order valence-electron chi connectivity index (χ1n) is 6.72. The molecule has 0 spiro atoms. The van der Waals surface area contributed by atoms with Crippen molar-refractivity contribution < 1.29 is 19.1 Å². The normalized spacial score (nSPS) is 11.0. The van der Waals surface area contributed by atoms with E-state index in [1.807, 2.05) is 6.92 Å². The van der Waals surface area contributed by atoms with Gasteiger partial charge in [0.1, 0.15) is 12.4 Å². The Bertz CT molecular complexity index is 744. The predicted octanol–water partition coefficient (Wildman–Crippen LogP) is 1.53. The van der Waals surface area contributed by atoms with E-state index in [0.717, 1.165) is 11.8 Å². The second-order valence-electron chi connectivity index (χ2n) is 4.28. The van der Waals surface area contributed by atoms with Gasteiger partial charge in [0.2, 0.25) is 5.89 Å². The summed E-state index contributed by atoms with van der Waals surface area (Å²) in [4.78, 5) is 11.2. The number of carbonyl (C=O) groups is 1. The van der Waals surface area contributed by atoms with E-state index in [0.29, 0.717) is 23.6 Å². The fraction of sp³-hybridized carbons (Fsp3) is 0.188. The molecule has 0 N–H and O–H groups in total. The van der Waals surface area contributed by atoms with Crippen molar-refractivity contribution in [3.05, 3.63) is 40.6 Å².